The summed E-state index contributed by atoms with van der Waals surface area (Å²) in [5.74, 6) is 0. The monoisotopic (exact) mass is 497 g/mol. The highest BCUT2D eigenvalue weighted by Gasteiger charge is 2.19. The van der Waals surface area contributed by atoms with E-state index in [1.165, 1.54) is 4.57 Å². The first-order valence-electron chi connectivity index (χ1n) is 10.3. The second-order valence-electron chi connectivity index (χ2n) is 7.47. The fourth-order valence-electron chi connectivity index (χ4n) is 4.18. The van der Waals surface area contributed by atoms with E-state index in [9.17, 15) is 9.59 Å². The molecule has 0 unspecified atom stereocenters. The second kappa shape index (κ2) is 8.63. The van der Waals surface area contributed by atoms with Crippen LogP contribution in [-0.4, -0.2) is 42.7 Å². The zero-order valence-corrected chi connectivity index (χ0v) is 18.7. The van der Waals surface area contributed by atoms with Crippen molar-refractivity contribution < 1.29 is 19.0 Å². The molecule has 32 heavy (non-hydrogen) atoms. The number of halogens is 1. The van der Waals surface area contributed by atoms with Gasteiger partial charge in [-0.2, -0.15) is 0 Å². The number of ether oxygens (including phenoxy) is 2. The average molecular weight is 498 g/mol. The van der Waals surface area contributed by atoms with Gasteiger partial charge in [-0.05, 0) is 41.8 Å². The largest absolute Gasteiger partial charge is 0.456 e. The van der Waals surface area contributed by atoms with Gasteiger partial charge in [-0.3, -0.25) is 14.2 Å². The Morgan fingerprint density at radius 2 is 1.44 bits per heavy atom. The first-order chi connectivity index (χ1) is 15.6. The SMILES string of the molecule is O=c1c2ccc3oc4ccc(Br)cc4c4ccc(c(=O)n1CCOCCOCCO)c2c34. The lowest BCUT2D eigenvalue weighted by molar-refractivity contribution is 0.0307. The molecule has 0 saturated carbocycles. The van der Waals surface area contributed by atoms with Crippen LogP contribution in [0.4, 0.5) is 0 Å². The lowest BCUT2D eigenvalue weighted by Crippen LogP contribution is -2.34. The van der Waals surface area contributed by atoms with Crippen LogP contribution in [0.3, 0.4) is 0 Å². The summed E-state index contributed by atoms with van der Waals surface area (Å²) in [4.78, 5) is 26.4. The highest BCUT2D eigenvalue weighted by molar-refractivity contribution is 9.10. The van der Waals surface area contributed by atoms with Crippen molar-refractivity contribution in [3.63, 3.8) is 0 Å². The number of benzene rings is 3. The molecule has 164 valence electrons. The van der Waals surface area contributed by atoms with E-state index >= 15 is 0 Å². The first-order valence-corrected chi connectivity index (χ1v) is 11.1. The van der Waals surface area contributed by atoms with Gasteiger partial charge in [-0.15, -0.1) is 0 Å². The minimum absolute atomic E-state index is 0.0426. The number of aromatic nitrogens is 1. The van der Waals surface area contributed by atoms with Crippen LogP contribution in [0.25, 0.3) is 43.5 Å². The standard InChI is InChI=1S/C24H20BrNO6/c25-14-1-5-19-18(13-14)15-2-3-16-21-17(4-6-20(32-19)22(15)21)24(29)26(23(16)28)7-9-30-11-12-31-10-8-27/h1-6,13,27H,7-12H2. The Bertz CT molecular complexity index is 1520. The van der Waals surface area contributed by atoms with E-state index in [1.54, 1.807) is 18.2 Å². The smallest absolute Gasteiger partial charge is 0.261 e. The Kier molecular flexibility index (Phi) is 5.69. The fourth-order valence-corrected chi connectivity index (χ4v) is 4.54. The average Bonchev–Trinajstić information content (AvgIpc) is 2.80. The van der Waals surface area contributed by atoms with E-state index in [1.807, 2.05) is 24.3 Å². The molecule has 0 amide bonds. The van der Waals surface area contributed by atoms with Crippen LogP contribution in [0.1, 0.15) is 0 Å². The third-order valence-electron chi connectivity index (χ3n) is 5.59. The van der Waals surface area contributed by atoms with Crippen molar-refractivity contribution >= 4 is 59.4 Å². The molecule has 2 heterocycles. The van der Waals surface area contributed by atoms with Gasteiger partial charge in [0.15, 0.2) is 0 Å². The summed E-state index contributed by atoms with van der Waals surface area (Å²) >= 11 is 3.51. The molecule has 0 aliphatic carbocycles. The number of pyridine rings is 1. The predicted octanol–water partition coefficient (Wildman–Crippen LogP) is 3.64. The topological polar surface area (TPSA) is 90.9 Å². The van der Waals surface area contributed by atoms with Gasteiger partial charge in [0.2, 0.25) is 0 Å². The maximum atomic E-state index is 13.2. The Balaban J connectivity index is 1.60. The summed E-state index contributed by atoms with van der Waals surface area (Å²) in [5, 5.41) is 12.9. The van der Waals surface area contributed by atoms with E-state index in [4.69, 9.17) is 19.0 Å². The number of aliphatic hydroxyl groups is 1. The number of hydrogen-bond donors (Lipinski definition) is 1. The van der Waals surface area contributed by atoms with E-state index in [-0.39, 0.29) is 37.5 Å². The number of nitrogens with zero attached hydrogens (tertiary/aromatic N) is 1. The van der Waals surface area contributed by atoms with Gasteiger partial charge in [0, 0.05) is 31.4 Å². The van der Waals surface area contributed by atoms with Crippen LogP contribution in [0.2, 0.25) is 0 Å². The van der Waals surface area contributed by atoms with Gasteiger partial charge in [0.1, 0.15) is 11.2 Å². The Labute approximate surface area is 190 Å². The van der Waals surface area contributed by atoms with Crippen LogP contribution in [0.15, 0.2) is 60.9 Å². The van der Waals surface area contributed by atoms with Crippen LogP contribution >= 0.6 is 15.9 Å². The van der Waals surface area contributed by atoms with Crippen molar-refractivity contribution in [3.8, 4) is 0 Å². The lowest BCUT2D eigenvalue weighted by Gasteiger charge is -2.14. The Morgan fingerprint density at radius 1 is 0.781 bits per heavy atom. The van der Waals surface area contributed by atoms with E-state index in [0.717, 1.165) is 26.2 Å². The molecule has 7 nitrogen and oxygen atoms in total. The molecule has 0 fully saturated rings. The minimum atomic E-state index is -0.341. The molecule has 0 spiro atoms. The normalized spacial score (nSPS) is 12.1. The maximum Gasteiger partial charge on any atom is 0.261 e. The molecule has 0 atom stereocenters. The molecule has 5 rings (SSSR count). The zero-order valence-electron chi connectivity index (χ0n) is 17.1. The molecule has 5 aromatic rings. The van der Waals surface area contributed by atoms with Crippen LogP contribution in [0, 0.1) is 0 Å². The minimum Gasteiger partial charge on any atom is -0.456 e. The van der Waals surface area contributed by atoms with Gasteiger partial charge in [-0.25, -0.2) is 0 Å². The van der Waals surface area contributed by atoms with E-state index in [0.29, 0.717) is 35.0 Å². The van der Waals surface area contributed by atoms with Crippen molar-refractivity contribution in [1.29, 1.82) is 0 Å². The molecule has 0 aliphatic heterocycles. The molecule has 0 bridgehead atoms. The van der Waals surface area contributed by atoms with Crippen LogP contribution < -0.4 is 11.1 Å². The Morgan fingerprint density at radius 3 is 2.19 bits per heavy atom. The van der Waals surface area contributed by atoms with Crippen molar-refractivity contribution in [2.75, 3.05) is 33.0 Å². The third-order valence-corrected chi connectivity index (χ3v) is 6.09. The molecule has 1 N–H and O–H groups in total. The highest BCUT2D eigenvalue weighted by Crippen LogP contribution is 2.37. The summed E-state index contributed by atoms with van der Waals surface area (Å²) in [7, 11) is 0. The molecule has 0 radical (unpaired) electrons. The molecule has 8 heteroatoms. The highest BCUT2D eigenvalue weighted by atomic mass is 79.9. The molecular formula is C24H20BrNO6. The number of hydrogen-bond acceptors (Lipinski definition) is 6. The van der Waals surface area contributed by atoms with Crippen molar-refractivity contribution in [2.24, 2.45) is 0 Å². The maximum absolute atomic E-state index is 13.2. The Hall–Kier alpha value is -2.78. The molecular weight excluding hydrogens is 478 g/mol. The lowest BCUT2D eigenvalue weighted by atomic mass is 9.96. The van der Waals surface area contributed by atoms with Crippen molar-refractivity contribution in [3.05, 3.63) is 67.6 Å². The number of aliphatic hydroxyl groups excluding tert-OH is 1. The second-order valence-corrected chi connectivity index (χ2v) is 8.39. The van der Waals surface area contributed by atoms with Gasteiger partial charge in [0.25, 0.3) is 11.1 Å². The zero-order chi connectivity index (χ0) is 22.2. The molecule has 0 aliphatic rings. The van der Waals surface area contributed by atoms with Crippen molar-refractivity contribution in [2.45, 2.75) is 6.54 Å². The third kappa shape index (κ3) is 3.49. The van der Waals surface area contributed by atoms with Crippen LogP contribution in [-0.2, 0) is 16.0 Å². The van der Waals surface area contributed by atoms with Crippen LogP contribution in [0.5, 0.6) is 0 Å². The predicted molar refractivity (Wildman–Crippen MR) is 127 cm³/mol. The molecule has 0 saturated heterocycles. The van der Waals surface area contributed by atoms with E-state index < -0.39 is 0 Å². The van der Waals surface area contributed by atoms with Gasteiger partial charge in [0.05, 0.1) is 39.6 Å². The molecule has 3 aromatic carbocycles. The number of rotatable bonds is 8. The summed E-state index contributed by atoms with van der Waals surface area (Å²) in [6.07, 6.45) is 0. The number of fused-ring (bicyclic) bond motifs is 2. The summed E-state index contributed by atoms with van der Waals surface area (Å²) in [6.45, 7) is 1.23. The molecule has 2 aromatic heterocycles. The van der Waals surface area contributed by atoms with Gasteiger partial charge < -0.3 is 19.0 Å². The van der Waals surface area contributed by atoms with E-state index in [2.05, 4.69) is 15.9 Å². The fraction of sp³-hybridized carbons (Fsp3) is 0.250. The summed E-state index contributed by atoms with van der Waals surface area (Å²) in [6, 6.07) is 13.0. The van der Waals surface area contributed by atoms with Crippen molar-refractivity contribution in [1.82, 2.24) is 4.57 Å². The van der Waals surface area contributed by atoms with Gasteiger partial charge >= 0.3 is 0 Å². The summed E-state index contributed by atoms with van der Waals surface area (Å²) in [5.41, 5.74) is 0.687. The first kappa shape index (κ1) is 21.1. The van der Waals surface area contributed by atoms with Gasteiger partial charge in [-0.1, -0.05) is 22.0 Å². The summed E-state index contributed by atoms with van der Waals surface area (Å²) < 4.78 is 18.9. The quantitative estimate of drug-likeness (QED) is 0.200.